The molecule has 1 aromatic carbocycles. The molecule has 3 heteroatoms. The number of rotatable bonds is 5. The van der Waals surface area contributed by atoms with Crippen LogP contribution in [0.25, 0.3) is 0 Å². The van der Waals surface area contributed by atoms with E-state index in [9.17, 15) is 0 Å². The summed E-state index contributed by atoms with van der Waals surface area (Å²) < 4.78 is 0. The lowest BCUT2D eigenvalue weighted by Gasteiger charge is -2.17. The number of thiazole rings is 1. The first-order valence-electron chi connectivity index (χ1n) is 7.15. The average molecular weight is 270 g/mol. The molecule has 1 heterocycles. The first kappa shape index (κ1) is 11.6. The molecule has 0 amide bonds. The number of aromatic nitrogens is 1. The Bertz CT molecular complexity index is 556. The highest BCUT2D eigenvalue weighted by Crippen LogP contribution is 2.41. The fourth-order valence-corrected chi connectivity index (χ4v) is 3.31. The summed E-state index contributed by atoms with van der Waals surface area (Å²) in [6.07, 6.45) is 7.25. The monoisotopic (exact) mass is 270 g/mol. The second-order valence-corrected chi connectivity index (χ2v) is 6.61. The quantitative estimate of drug-likeness (QED) is 0.892. The van der Waals surface area contributed by atoms with Gasteiger partial charge in [0.15, 0.2) is 0 Å². The van der Waals surface area contributed by atoms with Crippen LogP contribution in [0.15, 0.2) is 35.8 Å². The summed E-state index contributed by atoms with van der Waals surface area (Å²) in [6.45, 7) is 0. The number of hydrogen-bond donors (Lipinski definition) is 1. The fraction of sp³-hybridized carbons (Fsp3) is 0.438. The van der Waals surface area contributed by atoms with E-state index in [-0.39, 0.29) is 6.04 Å². The van der Waals surface area contributed by atoms with E-state index >= 15 is 0 Å². The Kier molecular flexibility index (Phi) is 2.89. The van der Waals surface area contributed by atoms with Gasteiger partial charge in [-0.15, -0.1) is 11.3 Å². The Morgan fingerprint density at radius 3 is 2.79 bits per heavy atom. The number of hydrogen-bond acceptors (Lipinski definition) is 3. The summed E-state index contributed by atoms with van der Waals surface area (Å²) in [4.78, 5) is 4.52. The van der Waals surface area contributed by atoms with Gasteiger partial charge in [0, 0.05) is 17.6 Å². The molecule has 19 heavy (non-hydrogen) atoms. The Morgan fingerprint density at radius 2 is 2.11 bits per heavy atom. The van der Waals surface area contributed by atoms with Gasteiger partial charge < -0.3 is 5.32 Å². The molecule has 1 unspecified atom stereocenters. The highest BCUT2D eigenvalue weighted by molar-refractivity contribution is 7.09. The minimum absolute atomic E-state index is 0.284. The van der Waals surface area contributed by atoms with Gasteiger partial charge in [-0.3, -0.25) is 0 Å². The van der Waals surface area contributed by atoms with Gasteiger partial charge in [-0.2, -0.15) is 0 Å². The van der Waals surface area contributed by atoms with Crippen LogP contribution in [0, 0.1) is 0 Å². The third-order valence-corrected chi connectivity index (χ3v) is 4.81. The maximum Gasteiger partial charge on any atom is 0.114 e. The van der Waals surface area contributed by atoms with Crippen molar-refractivity contribution in [1.82, 2.24) is 10.3 Å². The molecule has 0 spiro atoms. The molecule has 4 rings (SSSR count). The van der Waals surface area contributed by atoms with Crippen LogP contribution in [0.5, 0.6) is 0 Å². The van der Waals surface area contributed by atoms with Crippen molar-refractivity contribution in [3.63, 3.8) is 0 Å². The molecule has 0 aliphatic heterocycles. The molecule has 2 fully saturated rings. The summed E-state index contributed by atoms with van der Waals surface area (Å²) in [6, 6.07) is 10.1. The van der Waals surface area contributed by atoms with E-state index in [4.69, 9.17) is 0 Å². The van der Waals surface area contributed by atoms with E-state index in [2.05, 4.69) is 39.9 Å². The van der Waals surface area contributed by atoms with Crippen molar-refractivity contribution in [3.05, 3.63) is 52.0 Å². The molecule has 2 nitrogen and oxygen atoms in total. The molecule has 0 saturated heterocycles. The van der Waals surface area contributed by atoms with Gasteiger partial charge in [0.05, 0.1) is 6.04 Å². The lowest BCUT2D eigenvalue weighted by atomic mass is 10.0. The average Bonchev–Trinajstić information content (AvgIpc) is 3.37. The van der Waals surface area contributed by atoms with Crippen molar-refractivity contribution >= 4 is 11.3 Å². The third-order valence-electron chi connectivity index (χ3n) is 3.97. The molecule has 98 valence electrons. The smallest absolute Gasteiger partial charge is 0.114 e. The van der Waals surface area contributed by atoms with Crippen molar-refractivity contribution in [2.24, 2.45) is 0 Å². The summed E-state index contributed by atoms with van der Waals surface area (Å²) in [5.41, 5.74) is 2.89. The second kappa shape index (κ2) is 4.73. The SMILES string of the molecule is c1cc(C2CC2)cc(C(NC2CC2)c2nccs2)c1. The van der Waals surface area contributed by atoms with Crippen LogP contribution < -0.4 is 5.32 Å². The molecule has 2 aliphatic carbocycles. The van der Waals surface area contributed by atoms with E-state index in [1.54, 1.807) is 11.3 Å². The van der Waals surface area contributed by atoms with Crippen molar-refractivity contribution in [2.75, 3.05) is 0 Å². The lowest BCUT2D eigenvalue weighted by Crippen LogP contribution is -2.24. The van der Waals surface area contributed by atoms with E-state index in [1.807, 2.05) is 6.20 Å². The molecule has 0 bridgehead atoms. The van der Waals surface area contributed by atoms with Gasteiger partial charge >= 0.3 is 0 Å². The van der Waals surface area contributed by atoms with Crippen LogP contribution in [0.1, 0.15) is 53.8 Å². The fourth-order valence-electron chi connectivity index (χ4n) is 2.58. The maximum atomic E-state index is 4.52. The Labute approximate surface area is 117 Å². The molecule has 2 saturated carbocycles. The topological polar surface area (TPSA) is 24.9 Å². The Balaban J connectivity index is 1.66. The number of benzene rings is 1. The Hall–Kier alpha value is -1.19. The first-order valence-corrected chi connectivity index (χ1v) is 8.03. The van der Waals surface area contributed by atoms with E-state index in [0.29, 0.717) is 6.04 Å². The highest BCUT2D eigenvalue weighted by Gasteiger charge is 2.29. The third kappa shape index (κ3) is 2.58. The van der Waals surface area contributed by atoms with E-state index in [0.717, 1.165) is 5.92 Å². The minimum Gasteiger partial charge on any atom is -0.301 e. The first-order chi connectivity index (χ1) is 9.40. The standard InChI is InChI=1S/C16H18N2S/c1-2-12(11-4-5-11)10-13(3-1)15(18-14-6-7-14)16-17-8-9-19-16/h1-3,8-11,14-15,18H,4-7H2. The minimum atomic E-state index is 0.284. The van der Waals surface area contributed by atoms with Crippen LogP contribution in [0.3, 0.4) is 0 Å². The van der Waals surface area contributed by atoms with Crippen molar-refractivity contribution in [3.8, 4) is 0 Å². The van der Waals surface area contributed by atoms with Crippen molar-refractivity contribution in [2.45, 2.75) is 43.7 Å². The van der Waals surface area contributed by atoms with Gasteiger partial charge in [-0.05, 0) is 42.7 Å². The molecular weight excluding hydrogens is 252 g/mol. The highest BCUT2D eigenvalue weighted by atomic mass is 32.1. The molecular formula is C16H18N2S. The second-order valence-electron chi connectivity index (χ2n) is 5.69. The van der Waals surface area contributed by atoms with Gasteiger partial charge in [-0.25, -0.2) is 4.98 Å². The van der Waals surface area contributed by atoms with E-state index in [1.165, 1.54) is 41.8 Å². The normalized spacial score (nSPS) is 20.4. The molecule has 0 radical (unpaired) electrons. The molecule has 2 aliphatic rings. The summed E-state index contributed by atoms with van der Waals surface area (Å²) in [7, 11) is 0. The van der Waals surface area contributed by atoms with Gasteiger partial charge in [0.25, 0.3) is 0 Å². The lowest BCUT2D eigenvalue weighted by molar-refractivity contribution is 0.597. The summed E-state index contributed by atoms with van der Waals surface area (Å²) in [5, 5.41) is 7.01. The summed E-state index contributed by atoms with van der Waals surface area (Å²) >= 11 is 1.75. The van der Waals surface area contributed by atoms with Crippen LogP contribution in [0.4, 0.5) is 0 Å². The molecule has 1 N–H and O–H groups in total. The van der Waals surface area contributed by atoms with E-state index < -0.39 is 0 Å². The predicted molar refractivity (Wildman–Crippen MR) is 78.5 cm³/mol. The largest absolute Gasteiger partial charge is 0.301 e. The predicted octanol–water partition coefficient (Wildman–Crippen LogP) is 3.86. The zero-order chi connectivity index (χ0) is 12.7. The Morgan fingerprint density at radius 1 is 1.21 bits per heavy atom. The van der Waals surface area contributed by atoms with Crippen LogP contribution in [0.2, 0.25) is 0 Å². The van der Waals surface area contributed by atoms with Crippen LogP contribution >= 0.6 is 11.3 Å². The molecule has 1 aromatic heterocycles. The zero-order valence-corrected chi connectivity index (χ0v) is 11.7. The van der Waals surface area contributed by atoms with Crippen LogP contribution in [-0.4, -0.2) is 11.0 Å². The zero-order valence-electron chi connectivity index (χ0n) is 10.9. The van der Waals surface area contributed by atoms with Crippen LogP contribution in [-0.2, 0) is 0 Å². The summed E-state index contributed by atoms with van der Waals surface area (Å²) in [5.74, 6) is 0.817. The van der Waals surface area contributed by atoms with Crippen molar-refractivity contribution in [1.29, 1.82) is 0 Å². The maximum absolute atomic E-state index is 4.52. The number of nitrogens with one attached hydrogen (secondary N) is 1. The number of nitrogens with zero attached hydrogens (tertiary/aromatic N) is 1. The molecule has 1 atom stereocenters. The van der Waals surface area contributed by atoms with Crippen molar-refractivity contribution < 1.29 is 0 Å². The van der Waals surface area contributed by atoms with Gasteiger partial charge in [0.1, 0.15) is 5.01 Å². The van der Waals surface area contributed by atoms with Gasteiger partial charge in [0.2, 0.25) is 0 Å². The van der Waals surface area contributed by atoms with Gasteiger partial charge in [-0.1, -0.05) is 24.3 Å². The molecule has 2 aromatic rings.